The SMILES string of the molecule is CCCC(=O)N[C@H](Cc1ccc(O)cc1)C(=O)NCCCNCCCCCCNCCCCCCCCCCCCNCCCCCCNCc1ccccc1OC. The van der Waals surface area contributed by atoms with Gasteiger partial charge in [0.05, 0.1) is 7.11 Å². The van der Waals surface area contributed by atoms with E-state index in [2.05, 4.69) is 44.0 Å². The molecule has 0 aliphatic carbocycles. The van der Waals surface area contributed by atoms with Gasteiger partial charge in [-0.1, -0.05) is 114 Å². The Balaban J connectivity index is 1.24. The Hall–Kier alpha value is -3.18. The number of ether oxygens (including phenoxy) is 1. The van der Waals surface area contributed by atoms with Crippen LogP contribution in [0.25, 0.3) is 0 Å². The van der Waals surface area contributed by atoms with Crippen molar-refractivity contribution in [1.82, 2.24) is 31.9 Å². The van der Waals surface area contributed by atoms with E-state index in [0.717, 1.165) is 70.0 Å². The van der Waals surface area contributed by atoms with Crippen LogP contribution in [0.15, 0.2) is 48.5 Å². The van der Waals surface area contributed by atoms with E-state index in [1.807, 2.05) is 19.1 Å². The molecule has 0 aliphatic rings. The van der Waals surface area contributed by atoms with Crippen molar-refractivity contribution in [2.75, 3.05) is 59.5 Å². The lowest BCUT2D eigenvalue weighted by atomic mass is 10.0. The van der Waals surface area contributed by atoms with Gasteiger partial charge in [0.15, 0.2) is 0 Å². The van der Waals surface area contributed by atoms with Crippen LogP contribution in [0.1, 0.15) is 153 Å². The number of nitrogens with one attached hydrogen (secondary N) is 6. The zero-order valence-electron chi connectivity index (χ0n) is 36.8. The number of amides is 2. The largest absolute Gasteiger partial charge is 0.508 e. The molecule has 0 bridgehead atoms. The molecule has 0 heterocycles. The number of para-hydroxylation sites is 1. The maximum absolute atomic E-state index is 12.8. The van der Waals surface area contributed by atoms with Gasteiger partial charge in [0.2, 0.25) is 11.8 Å². The van der Waals surface area contributed by atoms with Crippen molar-refractivity contribution in [3.05, 3.63) is 59.7 Å². The standard InChI is InChI=1S/C48H84N6O4/c1-3-25-47(56)54-45(40-42-28-30-44(55)31-29-42)48(57)53-39-24-38-51-36-22-13-12-20-34-49-32-18-10-8-6-4-5-7-9-11-19-33-50-35-21-14-15-23-37-52-41-43-26-16-17-27-46(43)58-2/h16-17,26-31,45,49-52,55H,3-15,18-25,32-41H2,1-2H3,(H,53,57)(H,54,56)/t45-/m1/s1. The number of phenols is 1. The molecule has 330 valence electrons. The van der Waals surface area contributed by atoms with Crippen LogP contribution < -0.4 is 36.6 Å². The Bertz CT molecular complexity index is 1260. The molecule has 2 aromatic carbocycles. The quantitative estimate of drug-likeness (QED) is 0.0335. The Morgan fingerprint density at radius 3 is 1.50 bits per heavy atom. The van der Waals surface area contributed by atoms with Gasteiger partial charge in [-0.05, 0) is 121 Å². The van der Waals surface area contributed by atoms with E-state index in [1.54, 1.807) is 31.4 Å². The maximum atomic E-state index is 12.8. The number of aromatic hydroxyl groups is 1. The number of methoxy groups -OCH3 is 1. The first kappa shape index (κ1) is 51.0. The highest BCUT2D eigenvalue weighted by molar-refractivity contribution is 5.87. The first-order chi connectivity index (χ1) is 28.5. The summed E-state index contributed by atoms with van der Waals surface area (Å²) in [6.07, 6.45) is 26.1. The molecule has 2 aromatic rings. The summed E-state index contributed by atoms with van der Waals surface area (Å²) in [4.78, 5) is 25.0. The van der Waals surface area contributed by atoms with Crippen molar-refractivity contribution >= 4 is 11.8 Å². The molecule has 0 saturated heterocycles. The molecule has 58 heavy (non-hydrogen) atoms. The van der Waals surface area contributed by atoms with Crippen LogP contribution in [0.5, 0.6) is 11.5 Å². The minimum Gasteiger partial charge on any atom is -0.508 e. The molecule has 0 aliphatic heterocycles. The molecular weight excluding hydrogens is 725 g/mol. The van der Waals surface area contributed by atoms with Gasteiger partial charge in [-0.25, -0.2) is 0 Å². The van der Waals surface area contributed by atoms with E-state index in [9.17, 15) is 14.7 Å². The number of carbonyl (C=O) groups is 2. The average Bonchev–Trinajstić information content (AvgIpc) is 3.23. The van der Waals surface area contributed by atoms with Crippen LogP contribution in [-0.2, 0) is 22.6 Å². The molecule has 0 unspecified atom stereocenters. The van der Waals surface area contributed by atoms with Crippen molar-refractivity contribution in [2.45, 2.75) is 161 Å². The molecule has 0 spiro atoms. The van der Waals surface area contributed by atoms with Gasteiger partial charge in [-0.2, -0.15) is 0 Å². The molecule has 7 N–H and O–H groups in total. The summed E-state index contributed by atoms with van der Waals surface area (Å²) >= 11 is 0. The van der Waals surface area contributed by atoms with Crippen molar-refractivity contribution in [2.24, 2.45) is 0 Å². The number of unbranched alkanes of at least 4 members (excludes halogenated alkanes) is 15. The van der Waals surface area contributed by atoms with E-state index in [4.69, 9.17) is 4.74 Å². The average molecular weight is 809 g/mol. The topological polar surface area (TPSA) is 136 Å². The van der Waals surface area contributed by atoms with Gasteiger partial charge >= 0.3 is 0 Å². The van der Waals surface area contributed by atoms with Crippen LogP contribution in [-0.4, -0.2) is 82.4 Å². The second-order valence-corrected chi connectivity index (χ2v) is 16.0. The van der Waals surface area contributed by atoms with E-state index < -0.39 is 6.04 Å². The summed E-state index contributed by atoms with van der Waals surface area (Å²) in [6, 6.07) is 14.4. The third kappa shape index (κ3) is 28.3. The zero-order valence-corrected chi connectivity index (χ0v) is 36.8. The second kappa shape index (κ2) is 36.9. The van der Waals surface area contributed by atoms with Crippen molar-refractivity contribution < 1.29 is 19.4 Å². The fraction of sp³-hybridized carbons (Fsp3) is 0.708. The molecule has 0 aromatic heterocycles. The molecule has 2 rings (SSSR count). The number of hydrogen-bond donors (Lipinski definition) is 7. The molecule has 0 saturated carbocycles. The molecule has 10 heteroatoms. The first-order valence-corrected chi connectivity index (χ1v) is 23.3. The summed E-state index contributed by atoms with van der Waals surface area (Å²) in [5, 5.41) is 29.7. The zero-order chi connectivity index (χ0) is 41.6. The first-order valence-electron chi connectivity index (χ1n) is 23.3. The summed E-state index contributed by atoms with van der Waals surface area (Å²) in [7, 11) is 1.74. The van der Waals surface area contributed by atoms with E-state index in [0.29, 0.717) is 19.4 Å². The lowest BCUT2D eigenvalue weighted by molar-refractivity contribution is -0.129. The molecule has 10 nitrogen and oxygen atoms in total. The van der Waals surface area contributed by atoms with E-state index in [-0.39, 0.29) is 17.6 Å². The minimum atomic E-state index is -0.622. The number of hydrogen-bond acceptors (Lipinski definition) is 8. The third-order valence-electron chi connectivity index (χ3n) is 10.7. The monoisotopic (exact) mass is 809 g/mol. The van der Waals surface area contributed by atoms with Gasteiger partial charge in [-0.3, -0.25) is 9.59 Å². The smallest absolute Gasteiger partial charge is 0.242 e. The fourth-order valence-electron chi connectivity index (χ4n) is 7.19. The number of carbonyl (C=O) groups excluding carboxylic acids is 2. The van der Waals surface area contributed by atoms with Gasteiger partial charge in [-0.15, -0.1) is 0 Å². The lowest BCUT2D eigenvalue weighted by Crippen LogP contribution is -2.48. The Morgan fingerprint density at radius 1 is 0.569 bits per heavy atom. The summed E-state index contributed by atoms with van der Waals surface area (Å²) in [5.74, 6) is 0.872. The van der Waals surface area contributed by atoms with Crippen molar-refractivity contribution in [1.29, 1.82) is 0 Å². The van der Waals surface area contributed by atoms with E-state index >= 15 is 0 Å². The van der Waals surface area contributed by atoms with Crippen molar-refractivity contribution in [3.63, 3.8) is 0 Å². The fourth-order valence-corrected chi connectivity index (χ4v) is 7.19. The number of rotatable bonds is 40. The predicted molar refractivity (Wildman–Crippen MR) is 243 cm³/mol. The van der Waals surface area contributed by atoms with Crippen LogP contribution in [0.3, 0.4) is 0 Å². The Morgan fingerprint density at radius 2 is 1.02 bits per heavy atom. The molecule has 0 fully saturated rings. The summed E-state index contributed by atoms with van der Waals surface area (Å²) < 4.78 is 5.42. The highest BCUT2D eigenvalue weighted by Crippen LogP contribution is 2.17. The van der Waals surface area contributed by atoms with Gasteiger partial charge in [0.1, 0.15) is 17.5 Å². The Kier molecular flexibility index (Phi) is 32.4. The van der Waals surface area contributed by atoms with Gasteiger partial charge in [0, 0.05) is 31.5 Å². The van der Waals surface area contributed by atoms with Crippen LogP contribution in [0.2, 0.25) is 0 Å². The van der Waals surface area contributed by atoms with Crippen LogP contribution in [0.4, 0.5) is 0 Å². The molecule has 2 amide bonds. The Labute approximate surface area is 353 Å². The normalized spacial score (nSPS) is 11.8. The third-order valence-corrected chi connectivity index (χ3v) is 10.7. The second-order valence-electron chi connectivity index (χ2n) is 16.0. The lowest BCUT2D eigenvalue weighted by Gasteiger charge is -2.19. The summed E-state index contributed by atoms with van der Waals surface area (Å²) in [6.45, 7) is 10.9. The predicted octanol–water partition coefficient (Wildman–Crippen LogP) is 8.31. The highest BCUT2D eigenvalue weighted by atomic mass is 16.5. The van der Waals surface area contributed by atoms with E-state index in [1.165, 1.54) is 128 Å². The number of phenolic OH excluding ortho intramolecular Hbond substituents is 1. The van der Waals surface area contributed by atoms with Crippen LogP contribution >= 0.6 is 0 Å². The summed E-state index contributed by atoms with van der Waals surface area (Å²) in [5.41, 5.74) is 2.12. The van der Waals surface area contributed by atoms with Gasteiger partial charge in [0.25, 0.3) is 0 Å². The molecular formula is C48H84N6O4. The van der Waals surface area contributed by atoms with Gasteiger partial charge < -0.3 is 41.7 Å². The molecule has 0 radical (unpaired) electrons. The minimum absolute atomic E-state index is 0.115. The maximum Gasteiger partial charge on any atom is 0.242 e. The molecule has 1 atom stereocenters. The van der Waals surface area contributed by atoms with Crippen molar-refractivity contribution in [3.8, 4) is 11.5 Å². The van der Waals surface area contributed by atoms with Crippen LogP contribution in [0, 0.1) is 0 Å². The number of benzene rings is 2. The highest BCUT2D eigenvalue weighted by Gasteiger charge is 2.20.